The van der Waals surface area contributed by atoms with Crippen LogP contribution in [0.25, 0.3) is 0 Å². The van der Waals surface area contributed by atoms with Gasteiger partial charge in [-0.1, -0.05) is 23.4 Å². The van der Waals surface area contributed by atoms with E-state index in [0.29, 0.717) is 6.54 Å². The van der Waals surface area contributed by atoms with Crippen LogP contribution in [0.5, 0.6) is 0 Å². The lowest BCUT2D eigenvalue weighted by atomic mass is 10.1. The van der Waals surface area contributed by atoms with Gasteiger partial charge >= 0.3 is 0 Å². The van der Waals surface area contributed by atoms with Gasteiger partial charge in [-0.3, -0.25) is 4.79 Å². The molecule has 2 aromatic rings. The van der Waals surface area contributed by atoms with Crippen molar-refractivity contribution in [2.45, 2.75) is 37.0 Å². The average molecular weight is 302 g/mol. The normalized spacial score (nSPS) is 16.8. The van der Waals surface area contributed by atoms with Crippen molar-refractivity contribution in [2.75, 3.05) is 7.05 Å². The summed E-state index contributed by atoms with van der Waals surface area (Å²) in [5.41, 5.74) is 3.13. The Bertz CT molecular complexity index is 636. The smallest absolute Gasteiger partial charge is 0.236 e. The van der Waals surface area contributed by atoms with Crippen LogP contribution >= 0.6 is 11.8 Å². The fourth-order valence-electron chi connectivity index (χ4n) is 2.61. The molecule has 0 saturated carbocycles. The molecule has 1 amide bonds. The lowest BCUT2D eigenvalue weighted by Crippen LogP contribution is -2.34. The Morgan fingerprint density at radius 3 is 2.86 bits per heavy atom. The summed E-state index contributed by atoms with van der Waals surface area (Å²) in [5.74, 6) is 0.950. The van der Waals surface area contributed by atoms with Gasteiger partial charge in [0, 0.05) is 17.5 Å². The van der Waals surface area contributed by atoms with E-state index < -0.39 is 0 Å². The van der Waals surface area contributed by atoms with Crippen LogP contribution in [-0.4, -0.2) is 28.3 Å². The number of hydrogen-bond acceptors (Lipinski definition) is 4. The van der Waals surface area contributed by atoms with Crippen molar-refractivity contribution in [3.63, 3.8) is 0 Å². The molecule has 1 aromatic carbocycles. The van der Waals surface area contributed by atoms with E-state index in [9.17, 15) is 4.79 Å². The van der Waals surface area contributed by atoms with E-state index in [1.165, 1.54) is 10.5 Å². The highest BCUT2D eigenvalue weighted by Gasteiger charge is 2.30. The summed E-state index contributed by atoms with van der Waals surface area (Å²) in [6, 6.07) is 8.23. The molecule has 3 rings (SSSR count). The number of hydrogen-bond donors (Lipinski definition) is 0. The number of carbonyl (C=O) groups is 1. The first-order valence-corrected chi connectivity index (χ1v) is 7.85. The summed E-state index contributed by atoms with van der Waals surface area (Å²) in [5, 5.41) is 3.92. The largest absolute Gasteiger partial charge is 0.361 e. The maximum atomic E-state index is 12.6. The highest BCUT2D eigenvalue weighted by Crippen LogP contribution is 2.37. The monoisotopic (exact) mass is 302 g/mol. The van der Waals surface area contributed by atoms with Gasteiger partial charge in [0.15, 0.2) is 0 Å². The molecule has 0 radical (unpaired) electrons. The predicted molar refractivity (Wildman–Crippen MR) is 82.2 cm³/mol. The molecule has 21 heavy (non-hydrogen) atoms. The molecule has 0 spiro atoms. The fourth-order valence-corrected chi connectivity index (χ4v) is 3.92. The molecule has 0 saturated heterocycles. The van der Waals surface area contributed by atoms with E-state index in [4.69, 9.17) is 4.52 Å². The summed E-state index contributed by atoms with van der Waals surface area (Å²) < 4.78 is 5.16. The first kappa shape index (κ1) is 14.2. The maximum Gasteiger partial charge on any atom is 0.236 e. The van der Waals surface area contributed by atoms with Crippen LogP contribution in [0.4, 0.5) is 0 Å². The minimum atomic E-state index is -0.0205. The molecule has 110 valence electrons. The highest BCUT2D eigenvalue weighted by atomic mass is 32.2. The molecule has 1 atom stereocenters. The molecule has 0 bridgehead atoms. The molecule has 1 aliphatic heterocycles. The zero-order valence-corrected chi connectivity index (χ0v) is 13.2. The second-order valence-electron chi connectivity index (χ2n) is 5.42. The zero-order chi connectivity index (χ0) is 15.0. The van der Waals surface area contributed by atoms with Crippen LogP contribution in [0.3, 0.4) is 0 Å². The van der Waals surface area contributed by atoms with Gasteiger partial charge in [-0.05, 0) is 31.9 Å². The first-order valence-electron chi connectivity index (χ1n) is 6.97. The lowest BCUT2D eigenvalue weighted by Gasteiger charge is -2.20. The SMILES string of the molecule is Cc1noc(C)c1CN(C)C(=O)[C@@H]1Cc2ccccc2S1. The Labute approximate surface area is 128 Å². The van der Waals surface area contributed by atoms with Gasteiger partial charge in [0.2, 0.25) is 5.91 Å². The molecular weight excluding hydrogens is 284 g/mol. The summed E-state index contributed by atoms with van der Waals surface area (Å²) in [4.78, 5) is 15.6. The third-order valence-electron chi connectivity index (χ3n) is 3.88. The Kier molecular flexibility index (Phi) is 3.76. The van der Waals surface area contributed by atoms with Gasteiger partial charge in [-0.15, -0.1) is 11.8 Å². The average Bonchev–Trinajstić information content (AvgIpc) is 3.04. The molecule has 1 aromatic heterocycles. The molecule has 0 N–H and O–H groups in total. The summed E-state index contributed by atoms with van der Waals surface area (Å²) in [7, 11) is 1.84. The second kappa shape index (κ2) is 5.56. The Hall–Kier alpha value is -1.75. The molecule has 4 nitrogen and oxygen atoms in total. The molecule has 5 heteroatoms. The number of aryl methyl sites for hydroxylation is 2. The summed E-state index contributed by atoms with van der Waals surface area (Å²) >= 11 is 1.66. The van der Waals surface area contributed by atoms with Gasteiger partial charge in [0.05, 0.1) is 17.5 Å². The Morgan fingerprint density at radius 1 is 1.43 bits per heavy atom. The molecule has 2 heterocycles. The van der Waals surface area contributed by atoms with E-state index in [1.807, 2.05) is 33.0 Å². The molecule has 0 aliphatic carbocycles. The predicted octanol–water partition coefficient (Wildman–Crippen LogP) is 2.97. The fraction of sp³-hybridized carbons (Fsp3) is 0.375. The van der Waals surface area contributed by atoms with E-state index in [0.717, 1.165) is 23.4 Å². The van der Waals surface area contributed by atoms with Crippen LogP contribution in [-0.2, 0) is 17.8 Å². The van der Waals surface area contributed by atoms with Crippen molar-refractivity contribution >= 4 is 17.7 Å². The third kappa shape index (κ3) is 2.70. The molecular formula is C16H18N2O2S. The number of amides is 1. The van der Waals surface area contributed by atoms with Crippen molar-refractivity contribution in [2.24, 2.45) is 0 Å². The maximum absolute atomic E-state index is 12.6. The van der Waals surface area contributed by atoms with Crippen molar-refractivity contribution in [1.29, 1.82) is 0 Å². The van der Waals surface area contributed by atoms with E-state index >= 15 is 0 Å². The third-order valence-corrected chi connectivity index (χ3v) is 5.18. The Balaban J connectivity index is 1.69. The van der Waals surface area contributed by atoms with Crippen LogP contribution in [0, 0.1) is 13.8 Å². The van der Waals surface area contributed by atoms with Crippen LogP contribution in [0.1, 0.15) is 22.6 Å². The number of carbonyl (C=O) groups excluding carboxylic acids is 1. The van der Waals surface area contributed by atoms with Crippen molar-refractivity contribution in [3.8, 4) is 0 Å². The van der Waals surface area contributed by atoms with Gasteiger partial charge in [-0.25, -0.2) is 0 Å². The topological polar surface area (TPSA) is 46.3 Å². The van der Waals surface area contributed by atoms with Crippen molar-refractivity contribution < 1.29 is 9.32 Å². The standard InChI is InChI=1S/C16H18N2O2S/c1-10-13(11(2)20-17-10)9-18(3)16(19)15-8-12-6-4-5-7-14(12)21-15/h4-7,15H,8-9H2,1-3H3/t15-/m0/s1. The van der Waals surface area contributed by atoms with Crippen LogP contribution in [0.15, 0.2) is 33.7 Å². The highest BCUT2D eigenvalue weighted by molar-refractivity contribution is 8.01. The quantitative estimate of drug-likeness (QED) is 0.874. The number of aromatic nitrogens is 1. The van der Waals surface area contributed by atoms with E-state index in [-0.39, 0.29) is 11.2 Å². The lowest BCUT2D eigenvalue weighted by molar-refractivity contribution is -0.129. The number of fused-ring (bicyclic) bond motifs is 1. The molecule has 0 fully saturated rings. The number of rotatable bonds is 3. The molecule has 1 aliphatic rings. The summed E-state index contributed by atoms with van der Waals surface area (Å²) in [6.07, 6.45) is 0.811. The van der Waals surface area contributed by atoms with Crippen molar-refractivity contribution in [3.05, 3.63) is 46.8 Å². The minimum absolute atomic E-state index is 0.0205. The Morgan fingerprint density at radius 2 is 2.19 bits per heavy atom. The minimum Gasteiger partial charge on any atom is -0.361 e. The van der Waals surface area contributed by atoms with Crippen molar-refractivity contribution in [1.82, 2.24) is 10.1 Å². The van der Waals surface area contributed by atoms with Crippen LogP contribution in [0.2, 0.25) is 0 Å². The number of benzene rings is 1. The van der Waals surface area contributed by atoms with E-state index in [1.54, 1.807) is 16.7 Å². The number of nitrogens with zero attached hydrogens (tertiary/aromatic N) is 2. The van der Waals surface area contributed by atoms with E-state index in [2.05, 4.69) is 17.3 Å². The second-order valence-corrected chi connectivity index (χ2v) is 6.66. The molecule has 0 unspecified atom stereocenters. The number of thioether (sulfide) groups is 1. The summed E-state index contributed by atoms with van der Waals surface area (Å²) in [6.45, 7) is 4.34. The van der Waals surface area contributed by atoms with Crippen LogP contribution < -0.4 is 0 Å². The van der Waals surface area contributed by atoms with Gasteiger partial charge in [-0.2, -0.15) is 0 Å². The first-order chi connectivity index (χ1) is 10.1. The van der Waals surface area contributed by atoms with Gasteiger partial charge in [0.25, 0.3) is 0 Å². The van der Waals surface area contributed by atoms with Gasteiger partial charge < -0.3 is 9.42 Å². The van der Waals surface area contributed by atoms with Gasteiger partial charge in [0.1, 0.15) is 5.76 Å². The zero-order valence-electron chi connectivity index (χ0n) is 12.4.